The van der Waals surface area contributed by atoms with Crippen molar-refractivity contribution in [1.29, 1.82) is 0 Å². The zero-order valence-corrected chi connectivity index (χ0v) is 10.3. The molecule has 1 aromatic rings. The molecule has 0 atom stereocenters. The molecule has 1 heterocycles. The summed E-state index contributed by atoms with van der Waals surface area (Å²) in [6.07, 6.45) is 3.17. The van der Waals surface area contributed by atoms with Gasteiger partial charge in [-0.05, 0) is 12.2 Å². The zero-order valence-electron chi connectivity index (χ0n) is 9.48. The van der Waals surface area contributed by atoms with Gasteiger partial charge in [0.25, 0.3) is 0 Å². The number of ketones is 1. The molecule has 0 bridgehead atoms. The maximum absolute atomic E-state index is 11.3. The van der Waals surface area contributed by atoms with Crippen molar-refractivity contribution in [2.75, 3.05) is 5.32 Å². The van der Waals surface area contributed by atoms with E-state index in [9.17, 15) is 9.59 Å². The molecule has 1 amide bonds. The smallest absolute Gasteiger partial charge is 0.223 e. The predicted octanol–water partition coefficient (Wildman–Crippen LogP) is 2.34. The van der Waals surface area contributed by atoms with Gasteiger partial charge >= 0.3 is 0 Å². The minimum Gasteiger partial charge on any atom is -0.302 e. The maximum atomic E-state index is 11.3. The Morgan fingerprint density at radius 2 is 2.19 bits per heavy atom. The van der Waals surface area contributed by atoms with Crippen LogP contribution in [-0.2, 0) is 9.59 Å². The van der Waals surface area contributed by atoms with Gasteiger partial charge in [-0.1, -0.05) is 13.8 Å². The van der Waals surface area contributed by atoms with Crippen LogP contribution in [0.4, 0.5) is 5.13 Å². The summed E-state index contributed by atoms with van der Waals surface area (Å²) in [6.45, 7) is 5.12. The number of carbonyl (C=O) groups excluding carboxylic acids is 2. The van der Waals surface area contributed by atoms with Crippen molar-refractivity contribution in [3.8, 4) is 0 Å². The number of rotatable bonds is 4. The second-order valence-corrected chi connectivity index (χ2v) is 4.51. The quantitative estimate of drug-likeness (QED) is 0.819. The highest BCUT2D eigenvalue weighted by molar-refractivity contribution is 7.14. The number of hydrogen-bond donors (Lipinski definition) is 1. The van der Waals surface area contributed by atoms with Crippen LogP contribution < -0.4 is 5.32 Å². The first-order valence-electron chi connectivity index (χ1n) is 4.94. The molecule has 1 aromatic heterocycles. The molecule has 0 radical (unpaired) electrons. The normalized spacial score (nSPS) is 11.0. The molecule has 0 aliphatic carbocycles. The van der Waals surface area contributed by atoms with Crippen LogP contribution in [0.25, 0.3) is 6.08 Å². The standard InChI is InChI=1S/C11H14N2O2S/c1-7(2)10(15)5-4-9-6-16-11(13-9)12-8(3)14/h4-7H,1-3H3,(H,12,13,14)/b5-4+. The van der Waals surface area contributed by atoms with Crippen LogP contribution in [0.5, 0.6) is 0 Å². The number of allylic oxidation sites excluding steroid dienone is 1. The Labute approximate surface area is 98.4 Å². The van der Waals surface area contributed by atoms with Gasteiger partial charge < -0.3 is 5.32 Å². The molecule has 1 N–H and O–H groups in total. The fourth-order valence-electron chi connectivity index (χ4n) is 0.931. The van der Waals surface area contributed by atoms with Crippen molar-refractivity contribution in [3.63, 3.8) is 0 Å². The Hall–Kier alpha value is -1.49. The summed E-state index contributed by atoms with van der Waals surface area (Å²) in [7, 11) is 0. The van der Waals surface area contributed by atoms with Gasteiger partial charge in [-0.3, -0.25) is 9.59 Å². The second-order valence-electron chi connectivity index (χ2n) is 3.65. The Bertz CT molecular complexity index is 421. The number of nitrogens with one attached hydrogen (secondary N) is 1. The fourth-order valence-corrected chi connectivity index (χ4v) is 1.66. The van der Waals surface area contributed by atoms with E-state index in [1.54, 1.807) is 11.5 Å². The van der Waals surface area contributed by atoms with E-state index in [1.165, 1.54) is 24.3 Å². The molecule has 0 fully saturated rings. The summed E-state index contributed by atoms with van der Waals surface area (Å²) in [5.41, 5.74) is 0.683. The topological polar surface area (TPSA) is 59.1 Å². The van der Waals surface area contributed by atoms with Crippen molar-refractivity contribution in [2.45, 2.75) is 20.8 Å². The van der Waals surface area contributed by atoms with Crippen LogP contribution in [0.15, 0.2) is 11.5 Å². The van der Waals surface area contributed by atoms with Gasteiger partial charge in [0, 0.05) is 18.2 Å². The van der Waals surface area contributed by atoms with Crippen LogP contribution in [0.2, 0.25) is 0 Å². The minimum absolute atomic E-state index is 0.00954. The number of amides is 1. The van der Waals surface area contributed by atoms with Crippen molar-refractivity contribution in [2.24, 2.45) is 5.92 Å². The second kappa shape index (κ2) is 5.55. The summed E-state index contributed by atoms with van der Waals surface area (Å²) in [5.74, 6) is -0.0954. The molecule has 5 heteroatoms. The Morgan fingerprint density at radius 1 is 1.50 bits per heavy atom. The number of aromatic nitrogens is 1. The molecule has 86 valence electrons. The van der Waals surface area contributed by atoms with E-state index < -0.39 is 0 Å². The van der Waals surface area contributed by atoms with E-state index in [0.29, 0.717) is 10.8 Å². The van der Waals surface area contributed by atoms with Crippen LogP contribution in [0.1, 0.15) is 26.5 Å². The largest absolute Gasteiger partial charge is 0.302 e. The fraction of sp³-hybridized carbons (Fsp3) is 0.364. The lowest BCUT2D eigenvalue weighted by atomic mass is 10.1. The first-order chi connectivity index (χ1) is 7.49. The number of nitrogens with zero attached hydrogens (tertiary/aromatic N) is 1. The van der Waals surface area contributed by atoms with Gasteiger partial charge in [-0.25, -0.2) is 4.98 Å². The minimum atomic E-state index is -0.150. The lowest BCUT2D eigenvalue weighted by molar-refractivity contribution is -0.117. The molecule has 0 spiro atoms. The SMILES string of the molecule is CC(=O)Nc1nc(/C=C/C(=O)C(C)C)cs1. The maximum Gasteiger partial charge on any atom is 0.223 e. The molecule has 0 aromatic carbocycles. The lowest BCUT2D eigenvalue weighted by Crippen LogP contribution is -2.05. The first-order valence-corrected chi connectivity index (χ1v) is 5.82. The van der Waals surface area contributed by atoms with Gasteiger partial charge in [0.15, 0.2) is 10.9 Å². The molecule has 0 aliphatic heterocycles. The van der Waals surface area contributed by atoms with E-state index in [0.717, 1.165) is 0 Å². The highest BCUT2D eigenvalue weighted by atomic mass is 32.1. The van der Waals surface area contributed by atoms with Gasteiger partial charge in [0.05, 0.1) is 5.69 Å². The van der Waals surface area contributed by atoms with E-state index in [4.69, 9.17) is 0 Å². The summed E-state index contributed by atoms with van der Waals surface area (Å²) in [4.78, 5) is 26.2. The van der Waals surface area contributed by atoms with Crippen LogP contribution in [0, 0.1) is 5.92 Å². The molecular weight excluding hydrogens is 224 g/mol. The summed E-state index contributed by atoms with van der Waals surface area (Å²) in [6, 6.07) is 0. The number of anilines is 1. The zero-order chi connectivity index (χ0) is 12.1. The van der Waals surface area contributed by atoms with E-state index in [-0.39, 0.29) is 17.6 Å². The first kappa shape index (κ1) is 12.6. The van der Waals surface area contributed by atoms with Crippen LogP contribution in [-0.4, -0.2) is 16.7 Å². The highest BCUT2D eigenvalue weighted by Crippen LogP contribution is 2.16. The monoisotopic (exact) mass is 238 g/mol. The molecule has 4 nitrogen and oxygen atoms in total. The predicted molar refractivity (Wildman–Crippen MR) is 65.3 cm³/mol. The third-order valence-corrected chi connectivity index (χ3v) is 2.57. The third kappa shape index (κ3) is 3.94. The van der Waals surface area contributed by atoms with E-state index in [2.05, 4.69) is 10.3 Å². The van der Waals surface area contributed by atoms with Crippen molar-refractivity contribution < 1.29 is 9.59 Å². The molecule has 0 aliphatic rings. The average Bonchev–Trinajstić information content (AvgIpc) is 2.60. The van der Waals surface area contributed by atoms with Gasteiger partial charge in [0.1, 0.15) is 0 Å². The summed E-state index contributed by atoms with van der Waals surface area (Å²) < 4.78 is 0. The number of carbonyl (C=O) groups is 2. The number of hydrogen-bond acceptors (Lipinski definition) is 4. The van der Waals surface area contributed by atoms with Crippen LogP contribution in [0.3, 0.4) is 0 Å². The lowest BCUT2D eigenvalue weighted by Gasteiger charge is -1.95. The molecule has 0 saturated carbocycles. The van der Waals surface area contributed by atoms with Crippen molar-refractivity contribution in [3.05, 3.63) is 17.2 Å². The molecule has 0 unspecified atom stereocenters. The van der Waals surface area contributed by atoms with Gasteiger partial charge in [-0.2, -0.15) is 0 Å². The van der Waals surface area contributed by atoms with Crippen LogP contribution >= 0.6 is 11.3 Å². The molecule has 16 heavy (non-hydrogen) atoms. The summed E-state index contributed by atoms with van der Waals surface area (Å²) in [5, 5.41) is 4.92. The molecule has 0 saturated heterocycles. The Balaban J connectivity index is 2.65. The molecule has 1 rings (SSSR count). The average molecular weight is 238 g/mol. The molecular formula is C11H14N2O2S. The Morgan fingerprint density at radius 3 is 2.75 bits per heavy atom. The highest BCUT2D eigenvalue weighted by Gasteiger charge is 2.03. The van der Waals surface area contributed by atoms with Gasteiger partial charge in [-0.15, -0.1) is 11.3 Å². The van der Waals surface area contributed by atoms with Crippen molar-refractivity contribution >= 4 is 34.2 Å². The van der Waals surface area contributed by atoms with Crippen molar-refractivity contribution in [1.82, 2.24) is 4.98 Å². The van der Waals surface area contributed by atoms with E-state index in [1.807, 2.05) is 13.8 Å². The summed E-state index contributed by atoms with van der Waals surface area (Å²) >= 11 is 1.33. The van der Waals surface area contributed by atoms with Gasteiger partial charge in [0.2, 0.25) is 5.91 Å². The van der Waals surface area contributed by atoms with E-state index >= 15 is 0 Å². The third-order valence-electron chi connectivity index (χ3n) is 1.79. The Kier molecular flexibility index (Phi) is 4.37. The number of thiazole rings is 1.